The molecule has 0 spiro atoms. The molecule has 3 nitrogen and oxygen atoms in total. The topological polar surface area (TPSA) is 38.3 Å². The first-order chi connectivity index (χ1) is 7.81. The maximum absolute atomic E-state index is 11.8. The summed E-state index contributed by atoms with van der Waals surface area (Å²) in [7, 11) is 1.65. The third kappa shape index (κ3) is 4.47. The highest BCUT2D eigenvalue weighted by Crippen LogP contribution is 2.18. The van der Waals surface area contributed by atoms with Gasteiger partial charge >= 0.3 is 0 Å². The number of aryl methyl sites for hydroxylation is 1. The minimum atomic E-state index is -0.182. The van der Waals surface area contributed by atoms with Crippen molar-refractivity contribution in [2.24, 2.45) is 0 Å². The van der Waals surface area contributed by atoms with E-state index in [2.05, 4.69) is 5.32 Å². The molecule has 0 unspecified atom stereocenters. The van der Waals surface area contributed by atoms with Gasteiger partial charge in [-0.1, -0.05) is 12.1 Å². The van der Waals surface area contributed by atoms with Gasteiger partial charge in [0.05, 0.1) is 13.5 Å². The quantitative estimate of drug-likeness (QED) is 0.874. The van der Waals surface area contributed by atoms with Gasteiger partial charge in [0, 0.05) is 5.54 Å². The summed E-state index contributed by atoms with van der Waals surface area (Å²) >= 11 is 0. The Hall–Kier alpha value is -1.51. The SMILES string of the molecule is COc1ccc(CC(=O)NC(C)(C)C)cc1C. The molecule has 0 aliphatic rings. The van der Waals surface area contributed by atoms with E-state index in [0.29, 0.717) is 6.42 Å². The molecular weight excluding hydrogens is 214 g/mol. The van der Waals surface area contributed by atoms with Gasteiger partial charge in [-0.15, -0.1) is 0 Å². The van der Waals surface area contributed by atoms with E-state index in [1.165, 1.54) is 0 Å². The zero-order valence-corrected chi connectivity index (χ0v) is 11.3. The lowest BCUT2D eigenvalue weighted by Crippen LogP contribution is -2.41. The molecule has 0 aliphatic heterocycles. The minimum Gasteiger partial charge on any atom is -0.496 e. The number of hydrogen-bond acceptors (Lipinski definition) is 2. The van der Waals surface area contributed by atoms with Crippen LogP contribution in [0.4, 0.5) is 0 Å². The van der Waals surface area contributed by atoms with Crippen LogP contribution in [0.3, 0.4) is 0 Å². The number of methoxy groups -OCH3 is 1. The third-order valence-corrected chi connectivity index (χ3v) is 2.34. The van der Waals surface area contributed by atoms with Gasteiger partial charge in [-0.3, -0.25) is 4.79 Å². The van der Waals surface area contributed by atoms with E-state index in [1.807, 2.05) is 45.9 Å². The Morgan fingerprint density at radius 1 is 1.35 bits per heavy atom. The molecule has 0 saturated carbocycles. The van der Waals surface area contributed by atoms with Crippen molar-refractivity contribution in [3.8, 4) is 5.75 Å². The fourth-order valence-corrected chi connectivity index (χ4v) is 1.70. The van der Waals surface area contributed by atoms with Crippen molar-refractivity contribution >= 4 is 5.91 Å². The summed E-state index contributed by atoms with van der Waals surface area (Å²) in [5.74, 6) is 0.895. The Balaban J connectivity index is 2.69. The maximum Gasteiger partial charge on any atom is 0.224 e. The summed E-state index contributed by atoms with van der Waals surface area (Å²) in [5, 5.41) is 2.95. The lowest BCUT2D eigenvalue weighted by Gasteiger charge is -2.20. The van der Waals surface area contributed by atoms with Crippen molar-refractivity contribution < 1.29 is 9.53 Å². The van der Waals surface area contributed by atoms with Gasteiger partial charge in [-0.05, 0) is 44.9 Å². The highest BCUT2D eigenvalue weighted by atomic mass is 16.5. The van der Waals surface area contributed by atoms with Crippen LogP contribution in [0.15, 0.2) is 18.2 Å². The highest BCUT2D eigenvalue weighted by Gasteiger charge is 2.14. The molecule has 1 amide bonds. The molecule has 0 fully saturated rings. The highest BCUT2D eigenvalue weighted by molar-refractivity contribution is 5.79. The monoisotopic (exact) mass is 235 g/mol. The number of benzene rings is 1. The second kappa shape index (κ2) is 5.21. The summed E-state index contributed by atoms with van der Waals surface area (Å²) in [6.07, 6.45) is 0.405. The van der Waals surface area contributed by atoms with E-state index < -0.39 is 0 Å². The number of carbonyl (C=O) groups excluding carboxylic acids is 1. The Bertz CT molecular complexity index is 405. The van der Waals surface area contributed by atoms with Crippen LogP contribution in [0.25, 0.3) is 0 Å². The normalized spacial score (nSPS) is 11.1. The van der Waals surface area contributed by atoms with Crippen LogP contribution < -0.4 is 10.1 Å². The van der Waals surface area contributed by atoms with E-state index in [-0.39, 0.29) is 11.4 Å². The number of hydrogen-bond donors (Lipinski definition) is 1. The van der Waals surface area contributed by atoms with Crippen molar-refractivity contribution in [3.63, 3.8) is 0 Å². The molecular formula is C14H21NO2. The van der Waals surface area contributed by atoms with Gasteiger partial charge < -0.3 is 10.1 Å². The van der Waals surface area contributed by atoms with Gasteiger partial charge in [0.2, 0.25) is 5.91 Å². The van der Waals surface area contributed by atoms with Crippen LogP contribution in [-0.4, -0.2) is 18.6 Å². The van der Waals surface area contributed by atoms with E-state index in [1.54, 1.807) is 7.11 Å². The Morgan fingerprint density at radius 2 is 2.00 bits per heavy atom. The first-order valence-corrected chi connectivity index (χ1v) is 5.76. The van der Waals surface area contributed by atoms with Crippen LogP contribution in [0.2, 0.25) is 0 Å². The zero-order valence-electron chi connectivity index (χ0n) is 11.3. The maximum atomic E-state index is 11.8. The van der Waals surface area contributed by atoms with Crippen molar-refractivity contribution in [1.82, 2.24) is 5.32 Å². The number of carbonyl (C=O) groups is 1. The molecule has 0 bridgehead atoms. The fraction of sp³-hybridized carbons (Fsp3) is 0.500. The smallest absolute Gasteiger partial charge is 0.224 e. The number of rotatable bonds is 3. The second-order valence-electron chi connectivity index (χ2n) is 5.28. The third-order valence-electron chi connectivity index (χ3n) is 2.34. The average molecular weight is 235 g/mol. The van der Waals surface area contributed by atoms with Gasteiger partial charge in [0.15, 0.2) is 0 Å². The lowest BCUT2D eigenvalue weighted by molar-refractivity contribution is -0.121. The summed E-state index contributed by atoms with van der Waals surface area (Å²) < 4.78 is 5.18. The fourth-order valence-electron chi connectivity index (χ4n) is 1.70. The molecule has 94 valence electrons. The Kier molecular flexibility index (Phi) is 4.16. The average Bonchev–Trinajstić information content (AvgIpc) is 2.14. The molecule has 1 aromatic carbocycles. The molecule has 1 N–H and O–H groups in total. The first kappa shape index (κ1) is 13.6. The molecule has 0 radical (unpaired) electrons. The Morgan fingerprint density at radius 3 is 2.47 bits per heavy atom. The standard InChI is InChI=1S/C14H21NO2/c1-10-8-11(6-7-12(10)17-5)9-13(16)15-14(2,3)4/h6-8H,9H2,1-5H3,(H,15,16). The molecule has 0 heterocycles. The van der Waals surface area contributed by atoms with Gasteiger partial charge in [-0.25, -0.2) is 0 Å². The summed E-state index contributed by atoms with van der Waals surface area (Å²) in [5.41, 5.74) is 1.87. The van der Waals surface area contributed by atoms with E-state index in [4.69, 9.17) is 4.74 Å². The molecule has 1 aromatic rings. The van der Waals surface area contributed by atoms with Crippen LogP contribution in [0.1, 0.15) is 31.9 Å². The van der Waals surface area contributed by atoms with Crippen LogP contribution in [0.5, 0.6) is 5.75 Å². The van der Waals surface area contributed by atoms with Crippen molar-refractivity contribution in [3.05, 3.63) is 29.3 Å². The van der Waals surface area contributed by atoms with Crippen LogP contribution >= 0.6 is 0 Å². The van der Waals surface area contributed by atoms with Crippen LogP contribution in [0, 0.1) is 6.92 Å². The summed E-state index contributed by atoms with van der Waals surface area (Å²) in [4.78, 5) is 11.8. The summed E-state index contributed by atoms with van der Waals surface area (Å²) in [6.45, 7) is 7.91. The molecule has 0 aliphatic carbocycles. The van der Waals surface area contributed by atoms with Crippen LogP contribution in [-0.2, 0) is 11.2 Å². The Labute approximate surface area is 103 Å². The summed E-state index contributed by atoms with van der Waals surface area (Å²) in [6, 6.07) is 5.81. The molecule has 3 heteroatoms. The van der Waals surface area contributed by atoms with E-state index in [0.717, 1.165) is 16.9 Å². The van der Waals surface area contributed by atoms with Crippen molar-refractivity contribution in [2.75, 3.05) is 7.11 Å². The van der Waals surface area contributed by atoms with Crippen molar-refractivity contribution in [2.45, 2.75) is 39.7 Å². The lowest BCUT2D eigenvalue weighted by atomic mass is 10.1. The number of nitrogens with one attached hydrogen (secondary N) is 1. The van der Waals surface area contributed by atoms with Gasteiger partial charge in [0.1, 0.15) is 5.75 Å². The predicted molar refractivity (Wildman–Crippen MR) is 69.3 cm³/mol. The predicted octanol–water partition coefficient (Wildman–Crippen LogP) is 2.46. The van der Waals surface area contributed by atoms with Crippen molar-refractivity contribution in [1.29, 1.82) is 0 Å². The largest absolute Gasteiger partial charge is 0.496 e. The molecule has 1 rings (SSSR count). The first-order valence-electron chi connectivity index (χ1n) is 5.76. The molecule has 17 heavy (non-hydrogen) atoms. The van der Waals surface area contributed by atoms with E-state index in [9.17, 15) is 4.79 Å². The minimum absolute atomic E-state index is 0.0436. The molecule has 0 saturated heterocycles. The van der Waals surface area contributed by atoms with Gasteiger partial charge in [-0.2, -0.15) is 0 Å². The number of ether oxygens (including phenoxy) is 1. The second-order valence-corrected chi connectivity index (χ2v) is 5.28. The zero-order chi connectivity index (χ0) is 13.1. The molecule has 0 atom stereocenters. The molecule has 0 aromatic heterocycles. The number of amides is 1. The van der Waals surface area contributed by atoms with Gasteiger partial charge in [0.25, 0.3) is 0 Å². The van der Waals surface area contributed by atoms with E-state index >= 15 is 0 Å².